The highest BCUT2D eigenvalue weighted by molar-refractivity contribution is 5.90. The number of carbonyl (C=O) groups is 2. The number of allylic oxidation sites excluding steroid dienone is 4. The van der Waals surface area contributed by atoms with E-state index in [1.54, 1.807) is 0 Å². The SMILES string of the molecule is CCCCC(NC(=O)C(NCC1=CC(C)(C)C=CC=C1)C1Cc2ccccc2C1)C(=O)NCC. The van der Waals surface area contributed by atoms with Gasteiger partial charge in [-0.1, -0.05) is 88.3 Å². The average molecular weight is 464 g/mol. The maximum Gasteiger partial charge on any atom is 0.242 e. The first-order valence-electron chi connectivity index (χ1n) is 12.8. The molecule has 0 fully saturated rings. The highest BCUT2D eigenvalue weighted by atomic mass is 16.2. The van der Waals surface area contributed by atoms with Crippen molar-refractivity contribution >= 4 is 11.8 Å². The highest BCUT2D eigenvalue weighted by Gasteiger charge is 2.34. The van der Waals surface area contributed by atoms with Gasteiger partial charge in [0.25, 0.3) is 0 Å². The van der Waals surface area contributed by atoms with E-state index in [-0.39, 0.29) is 29.2 Å². The maximum absolute atomic E-state index is 13.6. The molecule has 0 spiro atoms. The van der Waals surface area contributed by atoms with Crippen LogP contribution in [-0.4, -0.2) is 37.0 Å². The van der Waals surface area contributed by atoms with Gasteiger partial charge in [-0.2, -0.15) is 0 Å². The van der Waals surface area contributed by atoms with Crippen LogP contribution in [0, 0.1) is 11.3 Å². The molecule has 0 aromatic heterocycles. The van der Waals surface area contributed by atoms with Crippen LogP contribution in [0.1, 0.15) is 58.1 Å². The summed E-state index contributed by atoms with van der Waals surface area (Å²) in [5.41, 5.74) is 3.76. The van der Waals surface area contributed by atoms with Gasteiger partial charge in [0.15, 0.2) is 0 Å². The molecule has 2 amide bonds. The van der Waals surface area contributed by atoms with Gasteiger partial charge >= 0.3 is 0 Å². The smallest absolute Gasteiger partial charge is 0.242 e. The van der Waals surface area contributed by atoms with Crippen LogP contribution in [0.5, 0.6) is 0 Å². The molecule has 1 aromatic rings. The number of hydrogen-bond acceptors (Lipinski definition) is 3. The van der Waals surface area contributed by atoms with Crippen molar-refractivity contribution in [2.75, 3.05) is 13.1 Å². The molecule has 0 radical (unpaired) electrons. The Bertz CT molecular complexity index is 919. The van der Waals surface area contributed by atoms with Crippen LogP contribution in [0.4, 0.5) is 0 Å². The van der Waals surface area contributed by atoms with Crippen LogP contribution in [0.3, 0.4) is 0 Å². The van der Waals surface area contributed by atoms with Crippen molar-refractivity contribution in [3.63, 3.8) is 0 Å². The van der Waals surface area contributed by atoms with Crippen LogP contribution in [0.25, 0.3) is 0 Å². The van der Waals surface area contributed by atoms with Crippen molar-refractivity contribution in [3.8, 4) is 0 Å². The lowest BCUT2D eigenvalue weighted by atomic mass is 9.91. The fourth-order valence-electron chi connectivity index (χ4n) is 4.93. The Morgan fingerprint density at radius 3 is 2.41 bits per heavy atom. The van der Waals surface area contributed by atoms with E-state index in [0.29, 0.717) is 19.5 Å². The molecular weight excluding hydrogens is 422 g/mol. The molecule has 2 aliphatic carbocycles. The predicted octanol–water partition coefficient (Wildman–Crippen LogP) is 4.25. The predicted molar refractivity (Wildman–Crippen MR) is 139 cm³/mol. The number of carbonyl (C=O) groups excluding carboxylic acids is 2. The van der Waals surface area contributed by atoms with E-state index in [1.165, 1.54) is 11.1 Å². The summed E-state index contributed by atoms with van der Waals surface area (Å²) in [5.74, 6) is -0.0271. The van der Waals surface area contributed by atoms with Gasteiger partial charge in [-0.25, -0.2) is 0 Å². The van der Waals surface area contributed by atoms with Crippen LogP contribution in [0.2, 0.25) is 0 Å². The van der Waals surface area contributed by atoms with Crippen LogP contribution >= 0.6 is 0 Å². The summed E-state index contributed by atoms with van der Waals surface area (Å²) in [7, 11) is 0. The minimum absolute atomic E-state index is 0.0364. The maximum atomic E-state index is 13.6. The number of hydrogen-bond donors (Lipinski definition) is 3. The Hall–Kier alpha value is -2.66. The van der Waals surface area contributed by atoms with Gasteiger partial charge in [0.05, 0.1) is 6.04 Å². The molecule has 3 rings (SSSR count). The Morgan fingerprint density at radius 2 is 1.76 bits per heavy atom. The molecular formula is C29H41N3O2. The number of fused-ring (bicyclic) bond motifs is 1. The van der Waals surface area contributed by atoms with Gasteiger partial charge in [-0.3, -0.25) is 9.59 Å². The molecule has 184 valence electrons. The van der Waals surface area contributed by atoms with Gasteiger partial charge in [0, 0.05) is 18.5 Å². The Morgan fingerprint density at radius 1 is 1.06 bits per heavy atom. The molecule has 2 atom stereocenters. The van der Waals surface area contributed by atoms with E-state index >= 15 is 0 Å². The van der Waals surface area contributed by atoms with Crippen LogP contribution in [0.15, 0.2) is 60.2 Å². The van der Waals surface area contributed by atoms with Crippen molar-refractivity contribution in [2.24, 2.45) is 11.3 Å². The van der Waals surface area contributed by atoms with E-state index in [9.17, 15) is 9.59 Å². The summed E-state index contributed by atoms with van der Waals surface area (Å²) in [6, 6.07) is 7.58. The largest absolute Gasteiger partial charge is 0.355 e. The third-order valence-electron chi connectivity index (χ3n) is 6.70. The summed E-state index contributed by atoms with van der Waals surface area (Å²) in [4.78, 5) is 26.3. The molecule has 34 heavy (non-hydrogen) atoms. The zero-order chi connectivity index (χ0) is 24.6. The van der Waals surface area contributed by atoms with Gasteiger partial charge in [0.1, 0.15) is 6.04 Å². The van der Waals surface area contributed by atoms with Gasteiger partial charge in [-0.15, -0.1) is 0 Å². The third-order valence-corrected chi connectivity index (χ3v) is 6.70. The first-order valence-corrected chi connectivity index (χ1v) is 12.8. The number of nitrogens with one attached hydrogen (secondary N) is 3. The van der Waals surface area contributed by atoms with Gasteiger partial charge < -0.3 is 16.0 Å². The van der Waals surface area contributed by atoms with E-state index in [2.05, 4.69) is 91.4 Å². The summed E-state index contributed by atoms with van der Waals surface area (Å²) in [5, 5.41) is 9.55. The van der Waals surface area contributed by atoms with Crippen molar-refractivity contribution in [2.45, 2.75) is 71.9 Å². The number of unbranched alkanes of at least 4 members (excludes halogenated alkanes) is 1. The van der Waals surface area contributed by atoms with Crippen molar-refractivity contribution < 1.29 is 9.59 Å². The lowest BCUT2D eigenvalue weighted by molar-refractivity contribution is -0.130. The van der Waals surface area contributed by atoms with Gasteiger partial charge in [-0.05, 0) is 48.8 Å². The summed E-state index contributed by atoms with van der Waals surface area (Å²) in [6.07, 6.45) is 14.9. The molecule has 5 nitrogen and oxygen atoms in total. The Balaban J connectivity index is 1.77. The number of benzene rings is 1. The molecule has 0 aliphatic heterocycles. The zero-order valence-corrected chi connectivity index (χ0v) is 21.2. The number of amides is 2. The Labute approximate surface area is 205 Å². The summed E-state index contributed by atoms with van der Waals surface area (Å²) < 4.78 is 0. The Kier molecular flexibility index (Phi) is 9.28. The molecule has 2 aliphatic rings. The molecule has 5 heteroatoms. The number of rotatable bonds is 11. The molecule has 0 saturated carbocycles. The molecule has 0 bridgehead atoms. The second-order valence-electron chi connectivity index (χ2n) is 10.2. The molecule has 0 saturated heterocycles. The van der Waals surface area contributed by atoms with Crippen LogP contribution < -0.4 is 16.0 Å². The normalized spacial score (nSPS) is 18.5. The van der Waals surface area contributed by atoms with Crippen molar-refractivity contribution in [1.29, 1.82) is 0 Å². The van der Waals surface area contributed by atoms with Crippen LogP contribution in [-0.2, 0) is 22.4 Å². The standard InChI is InChI=1S/C29H41N3O2/c1-5-7-15-25(27(33)30-6-2)32-28(34)26(24-17-22-13-8-9-14-23(22)18-24)31-20-21-12-10-11-16-29(3,4)19-21/h8-14,16,19,24-26,31H,5-7,15,17-18,20H2,1-4H3,(H,30,33)(H,32,34). The topological polar surface area (TPSA) is 70.2 Å². The van der Waals surface area contributed by atoms with E-state index in [0.717, 1.165) is 31.3 Å². The third kappa shape index (κ3) is 7.17. The zero-order valence-electron chi connectivity index (χ0n) is 21.2. The lowest BCUT2D eigenvalue weighted by Crippen LogP contribution is -2.55. The first kappa shape index (κ1) is 26.0. The lowest BCUT2D eigenvalue weighted by Gasteiger charge is -2.27. The summed E-state index contributed by atoms with van der Waals surface area (Å²) in [6.45, 7) is 9.52. The summed E-state index contributed by atoms with van der Waals surface area (Å²) >= 11 is 0. The monoisotopic (exact) mass is 463 g/mol. The van der Waals surface area contributed by atoms with Gasteiger partial charge in [0.2, 0.25) is 11.8 Å². The molecule has 1 aromatic carbocycles. The molecule has 3 N–H and O–H groups in total. The number of likely N-dealkylation sites (N-methyl/N-ethyl adjacent to an activating group) is 1. The fourth-order valence-corrected chi connectivity index (χ4v) is 4.93. The van der Waals surface area contributed by atoms with E-state index in [4.69, 9.17) is 0 Å². The molecule has 2 unspecified atom stereocenters. The van der Waals surface area contributed by atoms with E-state index < -0.39 is 6.04 Å². The highest BCUT2D eigenvalue weighted by Crippen LogP contribution is 2.29. The van der Waals surface area contributed by atoms with Crippen molar-refractivity contribution in [1.82, 2.24) is 16.0 Å². The van der Waals surface area contributed by atoms with E-state index in [1.807, 2.05) is 6.92 Å². The molecule has 0 heterocycles. The minimum atomic E-state index is -0.499. The first-order chi connectivity index (χ1) is 16.3. The van der Waals surface area contributed by atoms with Crippen molar-refractivity contribution in [3.05, 3.63) is 71.3 Å². The second kappa shape index (κ2) is 12.2. The second-order valence-corrected chi connectivity index (χ2v) is 10.2. The average Bonchev–Trinajstić information content (AvgIpc) is 3.14. The minimum Gasteiger partial charge on any atom is -0.355 e. The quantitative estimate of drug-likeness (QED) is 0.460. The fraction of sp³-hybridized carbons (Fsp3) is 0.517.